The normalized spacial score (nSPS) is 10.5. The van der Waals surface area contributed by atoms with Crippen LogP contribution in [0.5, 0.6) is 5.75 Å². The number of hydrogen-bond acceptors (Lipinski definition) is 6. The van der Waals surface area contributed by atoms with Gasteiger partial charge in [0.25, 0.3) is 5.91 Å². The molecule has 0 atom stereocenters. The quantitative estimate of drug-likeness (QED) is 0.654. The lowest BCUT2D eigenvalue weighted by Crippen LogP contribution is -2.20. The molecule has 0 aliphatic rings. The second kappa shape index (κ2) is 8.45. The lowest BCUT2D eigenvalue weighted by atomic mass is 10.3. The van der Waals surface area contributed by atoms with Crippen LogP contribution in [0, 0.1) is 12.7 Å². The van der Waals surface area contributed by atoms with E-state index in [0.717, 1.165) is 4.21 Å². The van der Waals surface area contributed by atoms with Crippen molar-refractivity contribution < 1.29 is 18.7 Å². The van der Waals surface area contributed by atoms with Crippen LogP contribution in [-0.4, -0.2) is 29.2 Å². The molecule has 0 radical (unpaired) electrons. The number of carbonyl (C=O) groups excluding carboxylic acids is 2. The fourth-order valence-corrected chi connectivity index (χ4v) is 3.96. The zero-order valence-electron chi connectivity index (χ0n) is 12.5. The van der Waals surface area contributed by atoms with Gasteiger partial charge in [0.2, 0.25) is 5.91 Å². The number of halogens is 2. The lowest BCUT2D eigenvalue weighted by molar-refractivity contribution is -0.118. The summed E-state index contributed by atoms with van der Waals surface area (Å²) in [5, 5.41) is 3.03. The van der Waals surface area contributed by atoms with E-state index >= 15 is 0 Å². The number of anilines is 1. The van der Waals surface area contributed by atoms with Gasteiger partial charge in [-0.15, -0.1) is 11.8 Å². The molecule has 6 nitrogen and oxygen atoms in total. The highest BCUT2D eigenvalue weighted by molar-refractivity contribution is 9.10. The molecule has 2 amide bonds. The summed E-state index contributed by atoms with van der Waals surface area (Å²) in [5.41, 5.74) is 5.82. The third kappa shape index (κ3) is 5.46. The smallest absolute Gasteiger partial charge is 0.264 e. The van der Waals surface area contributed by atoms with Crippen LogP contribution in [0.25, 0.3) is 0 Å². The molecule has 10 heteroatoms. The number of thiazole rings is 1. The molecule has 0 fully saturated rings. The highest BCUT2D eigenvalue weighted by Crippen LogP contribution is 2.32. The standard InChI is InChI=1S/C14H13BrFN3O3S2/c1-7-13(23-6-11(17)20)24-14(18-7)19-12(21)5-22-10-3-2-8(16)4-9(10)15/h2-4H,5-6H2,1H3,(H2,17,20)(H,18,19,21). The highest BCUT2D eigenvalue weighted by Gasteiger charge is 2.13. The summed E-state index contributed by atoms with van der Waals surface area (Å²) >= 11 is 5.69. The summed E-state index contributed by atoms with van der Waals surface area (Å²) in [6.07, 6.45) is 0. The van der Waals surface area contributed by atoms with Crippen molar-refractivity contribution in [3.8, 4) is 5.75 Å². The number of nitrogens with zero attached hydrogens (tertiary/aromatic N) is 1. The summed E-state index contributed by atoms with van der Waals surface area (Å²) < 4.78 is 19.5. The van der Waals surface area contributed by atoms with Crippen molar-refractivity contribution in [3.05, 3.63) is 34.2 Å². The molecule has 1 heterocycles. The minimum atomic E-state index is -0.420. The summed E-state index contributed by atoms with van der Waals surface area (Å²) in [7, 11) is 0. The van der Waals surface area contributed by atoms with E-state index in [2.05, 4.69) is 26.2 Å². The van der Waals surface area contributed by atoms with Crippen molar-refractivity contribution in [2.24, 2.45) is 5.73 Å². The third-order valence-electron chi connectivity index (χ3n) is 2.60. The number of aromatic nitrogens is 1. The number of primary amides is 1. The van der Waals surface area contributed by atoms with Gasteiger partial charge in [-0.3, -0.25) is 14.9 Å². The van der Waals surface area contributed by atoms with Crippen LogP contribution in [0.3, 0.4) is 0 Å². The van der Waals surface area contributed by atoms with Crippen molar-refractivity contribution in [3.63, 3.8) is 0 Å². The summed E-state index contributed by atoms with van der Waals surface area (Å²) in [6, 6.07) is 3.92. The van der Waals surface area contributed by atoms with Crippen molar-refractivity contribution in [1.29, 1.82) is 0 Å². The van der Waals surface area contributed by atoms with E-state index in [1.807, 2.05) is 0 Å². The van der Waals surface area contributed by atoms with Gasteiger partial charge in [0.15, 0.2) is 11.7 Å². The molecule has 1 aromatic carbocycles. The lowest BCUT2D eigenvalue weighted by Gasteiger charge is -2.07. The molecule has 128 valence electrons. The first kappa shape index (κ1) is 18.7. The number of nitrogens with two attached hydrogens (primary N) is 1. The number of rotatable bonds is 7. The van der Waals surface area contributed by atoms with Gasteiger partial charge in [-0.05, 0) is 41.1 Å². The second-order valence-electron chi connectivity index (χ2n) is 4.56. The number of benzene rings is 1. The second-order valence-corrected chi connectivity index (χ2v) is 7.66. The van der Waals surface area contributed by atoms with E-state index in [0.29, 0.717) is 21.0 Å². The minimum Gasteiger partial charge on any atom is -0.483 e. The van der Waals surface area contributed by atoms with Crippen LogP contribution in [0.4, 0.5) is 9.52 Å². The number of amides is 2. The molecule has 2 aromatic rings. The van der Waals surface area contributed by atoms with Crippen molar-refractivity contribution in [2.45, 2.75) is 11.1 Å². The molecular weight excluding hydrogens is 421 g/mol. The van der Waals surface area contributed by atoms with E-state index in [-0.39, 0.29) is 12.4 Å². The van der Waals surface area contributed by atoms with Gasteiger partial charge < -0.3 is 10.5 Å². The first-order chi connectivity index (χ1) is 11.3. The molecule has 0 bridgehead atoms. The summed E-state index contributed by atoms with van der Waals surface area (Å²) in [4.78, 5) is 26.9. The monoisotopic (exact) mass is 433 g/mol. The van der Waals surface area contributed by atoms with Crippen LogP contribution in [0.2, 0.25) is 0 Å². The molecule has 0 aliphatic heterocycles. The molecule has 1 aromatic heterocycles. The van der Waals surface area contributed by atoms with Crippen molar-refractivity contribution in [2.75, 3.05) is 17.7 Å². The van der Waals surface area contributed by atoms with E-state index in [4.69, 9.17) is 10.5 Å². The first-order valence-electron chi connectivity index (χ1n) is 6.61. The molecule has 2 rings (SSSR count). The third-order valence-corrected chi connectivity index (χ3v) is 5.68. The maximum absolute atomic E-state index is 13.0. The zero-order valence-corrected chi connectivity index (χ0v) is 15.7. The summed E-state index contributed by atoms with van der Waals surface area (Å²) in [6.45, 7) is 1.54. The molecule has 0 unspecified atom stereocenters. The zero-order chi connectivity index (χ0) is 17.7. The van der Waals surface area contributed by atoms with Gasteiger partial charge >= 0.3 is 0 Å². The Morgan fingerprint density at radius 2 is 2.25 bits per heavy atom. The van der Waals surface area contributed by atoms with Crippen LogP contribution in [-0.2, 0) is 9.59 Å². The Hall–Kier alpha value is -1.65. The van der Waals surface area contributed by atoms with Crippen LogP contribution >= 0.6 is 39.0 Å². The fourth-order valence-electron chi connectivity index (χ4n) is 1.60. The number of nitrogens with one attached hydrogen (secondary N) is 1. The number of ether oxygens (including phenoxy) is 1. The minimum absolute atomic E-state index is 0.151. The van der Waals surface area contributed by atoms with Crippen molar-refractivity contribution >= 4 is 56.0 Å². The molecule has 0 aliphatic carbocycles. The average Bonchev–Trinajstić information content (AvgIpc) is 2.84. The first-order valence-corrected chi connectivity index (χ1v) is 9.21. The number of carbonyl (C=O) groups is 2. The van der Waals surface area contributed by atoms with Crippen LogP contribution < -0.4 is 15.8 Å². The predicted molar refractivity (Wildman–Crippen MR) is 95.0 cm³/mol. The van der Waals surface area contributed by atoms with Crippen LogP contribution in [0.15, 0.2) is 26.9 Å². The fraction of sp³-hybridized carbons (Fsp3) is 0.214. The van der Waals surface area contributed by atoms with Gasteiger partial charge in [0, 0.05) is 0 Å². The Kier molecular flexibility index (Phi) is 6.58. The average molecular weight is 434 g/mol. The Morgan fingerprint density at radius 1 is 1.50 bits per heavy atom. The SMILES string of the molecule is Cc1nc(NC(=O)COc2ccc(F)cc2Br)sc1SCC(N)=O. The number of thioether (sulfide) groups is 1. The molecule has 0 saturated heterocycles. The predicted octanol–water partition coefficient (Wildman–Crippen LogP) is 2.95. The van der Waals surface area contributed by atoms with Gasteiger partial charge in [-0.1, -0.05) is 11.3 Å². The van der Waals surface area contributed by atoms with E-state index < -0.39 is 17.6 Å². The number of aryl methyl sites for hydroxylation is 1. The molecular formula is C14H13BrFN3O3S2. The Bertz CT molecular complexity index is 770. The van der Waals surface area contributed by atoms with E-state index in [1.54, 1.807) is 6.92 Å². The highest BCUT2D eigenvalue weighted by atomic mass is 79.9. The Labute approximate surface area is 154 Å². The molecule has 24 heavy (non-hydrogen) atoms. The Morgan fingerprint density at radius 3 is 2.92 bits per heavy atom. The molecule has 0 spiro atoms. The maximum atomic E-state index is 13.0. The summed E-state index contributed by atoms with van der Waals surface area (Å²) in [5.74, 6) is -0.710. The van der Waals surface area contributed by atoms with Gasteiger partial charge in [-0.2, -0.15) is 0 Å². The largest absolute Gasteiger partial charge is 0.483 e. The van der Waals surface area contributed by atoms with Crippen LogP contribution in [0.1, 0.15) is 5.69 Å². The van der Waals surface area contributed by atoms with Gasteiger partial charge in [-0.25, -0.2) is 9.37 Å². The molecule has 3 N–H and O–H groups in total. The van der Waals surface area contributed by atoms with Gasteiger partial charge in [0.1, 0.15) is 11.6 Å². The molecule has 0 saturated carbocycles. The van der Waals surface area contributed by atoms with E-state index in [1.165, 1.54) is 41.3 Å². The van der Waals surface area contributed by atoms with Crippen molar-refractivity contribution in [1.82, 2.24) is 4.98 Å². The van der Waals surface area contributed by atoms with E-state index in [9.17, 15) is 14.0 Å². The van der Waals surface area contributed by atoms with Gasteiger partial charge in [0.05, 0.1) is 20.1 Å². The topological polar surface area (TPSA) is 94.3 Å². The maximum Gasteiger partial charge on any atom is 0.264 e. The Balaban J connectivity index is 1.90. The number of hydrogen-bond donors (Lipinski definition) is 2.